The zero-order chi connectivity index (χ0) is 19.3. The van der Waals surface area contributed by atoms with E-state index in [9.17, 15) is 22.8 Å². The molecule has 0 radical (unpaired) electrons. The third-order valence-corrected chi connectivity index (χ3v) is 4.55. The van der Waals surface area contributed by atoms with Crippen LogP contribution in [0.1, 0.15) is 12.5 Å². The summed E-state index contributed by atoms with van der Waals surface area (Å²) in [5.41, 5.74) is 0.609. The van der Waals surface area contributed by atoms with Crippen molar-refractivity contribution in [1.82, 2.24) is 5.32 Å². The summed E-state index contributed by atoms with van der Waals surface area (Å²) < 4.78 is 39.5. The first-order valence-electron chi connectivity index (χ1n) is 7.72. The molecule has 4 nitrogen and oxygen atoms in total. The maximum Gasteiger partial charge on any atom is 0.243 e. The van der Waals surface area contributed by atoms with E-state index in [0.29, 0.717) is 6.07 Å². The van der Waals surface area contributed by atoms with Crippen LogP contribution in [0.3, 0.4) is 0 Å². The Bertz CT molecular complexity index is 813. The van der Waals surface area contributed by atoms with Crippen LogP contribution in [0.25, 0.3) is 0 Å². The van der Waals surface area contributed by atoms with Gasteiger partial charge in [0.25, 0.3) is 0 Å². The predicted octanol–water partition coefficient (Wildman–Crippen LogP) is 3.65. The summed E-state index contributed by atoms with van der Waals surface area (Å²) in [5, 5.41) is 4.05. The Morgan fingerprint density at radius 1 is 1.04 bits per heavy atom. The topological polar surface area (TPSA) is 58.2 Å². The number of anilines is 1. The van der Waals surface area contributed by atoms with Gasteiger partial charge in [0.05, 0.1) is 17.5 Å². The van der Waals surface area contributed by atoms with Crippen molar-refractivity contribution in [1.29, 1.82) is 0 Å². The summed E-state index contributed by atoms with van der Waals surface area (Å²) in [4.78, 5) is 24.7. The number of carbonyl (C=O) groups is 2. The standard InChI is InChI=1S/C18H17F3N2O2S/c1-10-3-5-12(6-4-10)26-11(2)18(25)22-9-15(24)23-14-8-7-13(19)16(20)17(14)21/h3-8,11H,9H2,1-2H3,(H,22,25)(H,23,24). The third-order valence-electron chi connectivity index (χ3n) is 3.44. The van der Waals surface area contributed by atoms with Crippen molar-refractivity contribution in [2.75, 3.05) is 11.9 Å². The summed E-state index contributed by atoms with van der Waals surface area (Å²) >= 11 is 1.33. The van der Waals surface area contributed by atoms with E-state index in [2.05, 4.69) is 10.6 Å². The second-order valence-electron chi connectivity index (χ2n) is 5.56. The molecule has 0 saturated carbocycles. The average molecular weight is 382 g/mol. The summed E-state index contributed by atoms with van der Waals surface area (Å²) in [6.45, 7) is 3.22. The fraction of sp³-hybridized carbons (Fsp3) is 0.222. The largest absolute Gasteiger partial charge is 0.346 e. The lowest BCUT2D eigenvalue weighted by Crippen LogP contribution is -2.37. The highest BCUT2D eigenvalue weighted by atomic mass is 32.2. The van der Waals surface area contributed by atoms with Gasteiger partial charge in [-0.25, -0.2) is 13.2 Å². The van der Waals surface area contributed by atoms with Gasteiger partial charge in [-0.2, -0.15) is 0 Å². The van der Waals surface area contributed by atoms with E-state index < -0.39 is 40.8 Å². The molecule has 8 heteroatoms. The molecular weight excluding hydrogens is 365 g/mol. The number of hydrogen-bond donors (Lipinski definition) is 2. The third kappa shape index (κ3) is 5.26. The molecule has 1 unspecified atom stereocenters. The highest BCUT2D eigenvalue weighted by Crippen LogP contribution is 2.23. The van der Waals surface area contributed by atoms with Gasteiger partial charge in [0.15, 0.2) is 17.5 Å². The molecule has 138 valence electrons. The molecule has 0 saturated heterocycles. The lowest BCUT2D eigenvalue weighted by atomic mass is 10.2. The predicted molar refractivity (Wildman–Crippen MR) is 94.5 cm³/mol. The van der Waals surface area contributed by atoms with Crippen LogP contribution in [0.2, 0.25) is 0 Å². The quantitative estimate of drug-likeness (QED) is 0.592. The molecule has 0 aliphatic heterocycles. The first kappa shape index (κ1) is 19.8. The van der Waals surface area contributed by atoms with Crippen LogP contribution in [0, 0.1) is 24.4 Å². The van der Waals surface area contributed by atoms with E-state index in [0.717, 1.165) is 16.5 Å². The Morgan fingerprint density at radius 3 is 2.35 bits per heavy atom. The van der Waals surface area contributed by atoms with Gasteiger partial charge in [-0.05, 0) is 38.1 Å². The van der Waals surface area contributed by atoms with Gasteiger partial charge in [0, 0.05) is 4.90 Å². The number of nitrogens with one attached hydrogen (secondary N) is 2. The molecule has 2 N–H and O–H groups in total. The maximum absolute atomic E-state index is 13.5. The fourth-order valence-corrected chi connectivity index (χ4v) is 2.89. The Kier molecular flexibility index (Phi) is 6.68. The number of aryl methyl sites for hydroxylation is 1. The number of benzene rings is 2. The summed E-state index contributed by atoms with van der Waals surface area (Å²) in [5.74, 6) is -5.65. The number of carbonyl (C=O) groups excluding carboxylic acids is 2. The Labute approximate surface area is 153 Å². The summed E-state index contributed by atoms with van der Waals surface area (Å²) in [6.07, 6.45) is 0. The molecule has 1 atom stereocenters. The van der Waals surface area contributed by atoms with E-state index in [1.165, 1.54) is 11.8 Å². The summed E-state index contributed by atoms with van der Waals surface area (Å²) in [7, 11) is 0. The molecule has 0 aromatic heterocycles. The van der Waals surface area contributed by atoms with Gasteiger partial charge >= 0.3 is 0 Å². The van der Waals surface area contributed by atoms with Crippen molar-refractivity contribution >= 4 is 29.3 Å². The molecule has 2 aromatic rings. The van der Waals surface area contributed by atoms with Crippen LogP contribution in [0.15, 0.2) is 41.3 Å². The zero-order valence-electron chi connectivity index (χ0n) is 14.1. The lowest BCUT2D eigenvalue weighted by Gasteiger charge is -2.12. The molecule has 2 aromatic carbocycles. The molecule has 0 spiro atoms. The molecule has 2 rings (SSSR count). The van der Waals surface area contributed by atoms with Gasteiger partial charge in [-0.15, -0.1) is 11.8 Å². The van der Waals surface area contributed by atoms with E-state index in [1.54, 1.807) is 6.92 Å². The Morgan fingerprint density at radius 2 is 1.69 bits per heavy atom. The molecule has 0 aliphatic carbocycles. The SMILES string of the molecule is Cc1ccc(SC(C)C(=O)NCC(=O)Nc2ccc(F)c(F)c2F)cc1. The molecule has 26 heavy (non-hydrogen) atoms. The van der Waals surface area contributed by atoms with Crippen LogP contribution in [-0.4, -0.2) is 23.6 Å². The average Bonchev–Trinajstić information content (AvgIpc) is 2.62. The van der Waals surface area contributed by atoms with Gasteiger partial charge in [0.1, 0.15) is 0 Å². The first-order chi connectivity index (χ1) is 12.3. The number of rotatable bonds is 6. The van der Waals surface area contributed by atoms with Gasteiger partial charge in [0.2, 0.25) is 11.8 Å². The van der Waals surface area contributed by atoms with E-state index >= 15 is 0 Å². The molecule has 0 bridgehead atoms. The number of amides is 2. The Balaban J connectivity index is 1.85. The second kappa shape index (κ2) is 8.75. The molecule has 0 fully saturated rings. The highest BCUT2D eigenvalue weighted by Gasteiger charge is 2.17. The van der Waals surface area contributed by atoms with Gasteiger partial charge in [-0.1, -0.05) is 17.7 Å². The van der Waals surface area contributed by atoms with Crippen molar-refractivity contribution in [3.63, 3.8) is 0 Å². The fourth-order valence-electron chi connectivity index (χ4n) is 2.00. The number of halogens is 3. The molecule has 0 aliphatic rings. The van der Waals surface area contributed by atoms with Gasteiger partial charge in [-0.3, -0.25) is 9.59 Å². The van der Waals surface area contributed by atoms with Crippen molar-refractivity contribution in [2.45, 2.75) is 24.0 Å². The Hall–Kier alpha value is -2.48. The van der Waals surface area contributed by atoms with Crippen molar-refractivity contribution in [3.05, 3.63) is 59.4 Å². The monoisotopic (exact) mass is 382 g/mol. The maximum atomic E-state index is 13.5. The van der Waals surface area contributed by atoms with Crippen LogP contribution in [0.5, 0.6) is 0 Å². The second-order valence-corrected chi connectivity index (χ2v) is 6.98. The van der Waals surface area contributed by atoms with E-state index in [1.807, 2.05) is 31.2 Å². The van der Waals surface area contributed by atoms with Crippen molar-refractivity contribution in [2.24, 2.45) is 0 Å². The smallest absolute Gasteiger partial charge is 0.243 e. The number of hydrogen-bond acceptors (Lipinski definition) is 3. The van der Waals surface area contributed by atoms with Crippen molar-refractivity contribution in [3.8, 4) is 0 Å². The van der Waals surface area contributed by atoms with Crippen LogP contribution in [-0.2, 0) is 9.59 Å². The number of thioether (sulfide) groups is 1. The minimum absolute atomic E-state index is 0.378. The highest BCUT2D eigenvalue weighted by molar-refractivity contribution is 8.00. The molecular formula is C18H17F3N2O2S. The lowest BCUT2D eigenvalue weighted by molar-refractivity contribution is -0.123. The van der Waals surface area contributed by atoms with Crippen LogP contribution in [0.4, 0.5) is 18.9 Å². The molecule has 2 amide bonds. The minimum atomic E-state index is -1.67. The minimum Gasteiger partial charge on any atom is -0.346 e. The first-order valence-corrected chi connectivity index (χ1v) is 8.60. The van der Waals surface area contributed by atoms with E-state index in [-0.39, 0.29) is 5.91 Å². The van der Waals surface area contributed by atoms with Crippen LogP contribution >= 0.6 is 11.8 Å². The zero-order valence-corrected chi connectivity index (χ0v) is 14.9. The van der Waals surface area contributed by atoms with E-state index in [4.69, 9.17) is 0 Å². The normalized spacial score (nSPS) is 11.7. The summed E-state index contributed by atoms with van der Waals surface area (Å²) in [6, 6.07) is 9.24. The van der Waals surface area contributed by atoms with Crippen LogP contribution < -0.4 is 10.6 Å². The molecule has 0 heterocycles. The van der Waals surface area contributed by atoms with Gasteiger partial charge < -0.3 is 10.6 Å². The van der Waals surface area contributed by atoms with Crippen molar-refractivity contribution < 1.29 is 22.8 Å².